The van der Waals surface area contributed by atoms with Crippen LogP contribution in [0.1, 0.15) is 30.9 Å². The fraction of sp³-hybridized carbons (Fsp3) is 0.136. The SMILES string of the molecule is CCC[C]1C=Cc2c1cccc2-c1cccc2ccccc12. The van der Waals surface area contributed by atoms with Crippen LogP contribution in [-0.2, 0) is 0 Å². The molecule has 1 aliphatic rings. The van der Waals surface area contributed by atoms with Crippen molar-refractivity contribution in [1.82, 2.24) is 0 Å². The molecule has 3 aromatic rings. The van der Waals surface area contributed by atoms with Crippen molar-refractivity contribution in [3.8, 4) is 11.1 Å². The van der Waals surface area contributed by atoms with Crippen molar-refractivity contribution in [3.05, 3.63) is 83.8 Å². The van der Waals surface area contributed by atoms with Gasteiger partial charge in [0.15, 0.2) is 0 Å². The molecule has 3 aromatic carbocycles. The van der Waals surface area contributed by atoms with E-state index < -0.39 is 0 Å². The smallest absolute Gasteiger partial charge is 0.0273 e. The highest BCUT2D eigenvalue weighted by atomic mass is 14.2. The van der Waals surface area contributed by atoms with E-state index >= 15 is 0 Å². The summed E-state index contributed by atoms with van der Waals surface area (Å²) in [5.41, 5.74) is 5.46. The second-order valence-electron chi connectivity index (χ2n) is 5.90. The number of hydrogen-bond donors (Lipinski definition) is 0. The maximum absolute atomic E-state index is 2.29. The molecule has 1 radical (unpaired) electrons. The van der Waals surface area contributed by atoms with E-state index in [1.54, 1.807) is 0 Å². The van der Waals surface area contributed by atoms with Gasteiger partial charge in [0.05, 0.1) is 0 Å². The van der Waals surface area contributed by atoms with E-state index in [9.17, 15) is 0 Å². The first-order valence-corrected chi connectivity index (χ1v) is 8.04. The fourth-order valence-electron chi connectivity index (χ4n) is 3.48. The van der Waals surface area contributed by atoms with Gasteiger partial charge in [-0.25, -0.2) is 0 Å². The molecule has 22 heavy (non-hydrogen) atoms. The molecule has 0 unspecified atom stereocenters. The van der Waals surface area contributed by atoms with Gasteiger partial charge in [0.1, 0.15) is 0 Å². The van der Waals surface area contributed by atoms with Crippen molar-refractivity contribution in [2.75, 3.05) is 0 Å². The highest BCUT2D eigenvalue weighted by Crippen LogP contribution is 2.40. The van der Waals surface area contributed by atoms with E-state index in [0.29, 0.717) is 0 Å². The van der Waals surface area contributed by atoms with Crippen LogP contribution in [-0.4, -0.2) is 0 Å². The third kappa shape index (κ3) is 2.07. The van der Waals surface area contributed by atoms with E-state index in [2.05, 4.69) is 79.7 Å². The molecule has 0 nitrogen and oxygen atoms in total. The van der Waals surface area contributed by atoms with E-state index in [4.69, 9.17) is 0 Å². The summed E-state index contributed by atoms with van der Waals surface area (Å²) in [5.74, 6) is 1.47. The Morgan fingerprint density at radius 1 is 0.682 bits per heavy atom. The normalized spacial score (nSPS) is 13.7. The van der Waals surface area contributed by atoms with Gasteiger partial charge in [0.2, 0.25) is 0 Å². The lowest BCUT2D eigenvalue weighted by atomic mass is 9.90. The standard InChI is InChI=1S/C22H19/c1-2-7-16-14-15-22-19(16)11-6-13-21(22)20-12-5-9-17-8-3-4-10-18(17)20/h3-6,8-15H,2,7H2,1H3. The molecule has 1 aliphatic carbocycles. The van der Waals surface area contributed by atoms with Crippen LogP contribution >= 0.6 is 0 Å². The van der Waals surface area contributed by atoms with Gasteiger partial charge >= 0.3 is 0 Å². The van der Waals surface area contributed by atoms with E-state index in [1.807, 2.05) is 0 Å². The van der Waals surface area contributed by atoms with Crippen LogP contribution < -0.4 is 0 Å². The molecule has 0 amide bonds. The summed E-state index contributed by atoms with van der Waals surface area (Å²) in [6, 6.07) is 21.9. The van der Waals surface area contributed by atoms with Crippen molar-refractivity contribution in [1.29, 1.82) is 0 Å². The second kappa shape index (κ2) is 5.46. The maximum atomic E-state index is 2.29. The molecule has 107 valence electrons. The van der Waals surface area contributed by atoms with Gasteiger partial charge < -0.3 is 0 Å². The number of fused-ring (bicyclic) bond motifs is 2. The largest absolute Gasteiger partial charge is 0.0721 e. The lowest BCUT2D eigenvalue weighted by Crippen LogP contribution is -1.95. The molecule has 0 heterocycles. The Balaban J connectivity index is 1.92. The van der Waals surface area contributed by atoms with Gasteiger partial charge in [0, 0.05) is 5.92 Å². The van der Waals surface area contributed by atoms with Crippen molar-refractivity contribution >= 4 is 16.8 Å². The first-order chi connectivity index (χ1) is 10.9. The lowest BCUT2D eigenvalue weighted by molar-refractivity contribution is 0.866. The third-order valence-electron chi connectivity index (χ3n) is 4.50. The molecule has 0 saturated heterocycles. The lowest BCUT2D eigenvalue weighted by Gasteiger charge is -2.14. The van der Waals surface area contributed by atoms with Crippen molar-refractivity contribution < 1.29 is 0 Å². The maximum Gasteiger partial charge on any atom is 0.0273 e. The third-order valence-corrected chi connectivity index (χ3v) is 4.50. The Hall–Kier alpha value is -2.34. The molecule has 0 N–H and O–H groups in total. The van der Waals surface area contributed by atoms with Crippen LogP contribution in [0.5, 0.6) is 0 Å². The zero-order chi connectivity index (χ0) is 14.9. The Kier molecular flexibility index (Phi) is 3.31. The van der Waals surface area contributed by atoms with Crippen LogP contribution in [0.2, 0.25) is 0 Å². The minimum atomic E-state index is 1.16. The molecule has 0 aliphatic heterocycles. The summed E-state index contributed by atoms with van der Waals surface area (Å²) < 4.78 is 0. The summed E-state index contributed by atoms with van der Waals surface area (Å²) in [6.45, 7) is 2.24. The van der Waals surface area contributed by atoms with Crippen molar-refractivity contribution in [3.63, 3.8) is 0 Å². The zero-order valence-corrected chi connectivity index (χ0v) is 12.8. The van der Waals surface area contributed by atoms with Crippen LogP contribution in [0.4, 0.5) is 0 Å². The molecular weight excluding hydrogens is 264 g/mol. The minimum absolute atomic E-state index is 1.16. The zero-order valence-electron chi connectivity index (χ0n) is 12.8. The molecule has 0 fully saturated rings. The minimum Gasteiger partial charge on any atom is -0.0721 e. The number of allylic oxidation sites excluding steroid dienone is 1. The molecule has 0 atom stereocenters. The average molecular weight is 283 g/mol. The highest BCUT2D eigenvalue weighted by Gasteiger charge is 2.20. The van der Waals surface area contributed by atoms with Gasteiger partial charge in [-0.1, -0.05) is 86.2 Å². The molecule has 0 aromatic heterocycles. The Morgan fingerprint density at radius 2 is 1.41 bits per heavy atom. The summed E-state index contributed by atoms with van der Waals surface area (Å²) in [5, 5.41) is 2.63. The predicted octanol–water partition coefficient (Wildman–Crippen LogP) is 6.26. The quantitative estimate of drug-likeness (QED) is 0.532. The van der Waals surface area contributed by atoms with Crippen LogP contribution in [0, 0.1) is 5.92 Å². The van der Waals surface area contributed by atoms with E-state index in [-0.39, 0.29) is 0 Å². The summed E-state index contributed by atoms with van der Waals surface area (Å²) in [6.07, 6.45) is 6.93. The summed E-state index contributed by atoms with van der Waals surface area (Å²) in [4.78, 5) is 0. The Morgan fingerprint density at radius 3 is 2.32 bits per heavy atom. The number of rotatable bonds is 3. The van der Waals surface area contributed by atoms with E-state index in [0.717, 1.165) is 6.42 Å². The van der Waals surface area contributed by atoms with Crippen LogP contribution in [0.3, 0.4) is 0 Å². The summed E-state index contributed by atoms with van der Waals surface area (Å²) in [7, 11) is 0. The van der Waals surface area contributed by atoms with Crippen molar-refractivity contribution in [2.24, 2.45) is 0 Å². The molecule has 4 rings (SSSR count). The Labute approximate surface area is 132 Å². The average Bonchev–Trinajstić information content (AvgIpc) is 2.98. The van der Waals surface area contributed by atoms with Gasteiger partial charge in [-0.15, -0.1) is 0 Å². The number of benzene rings is 3. The fourth-order valence-corrected chi connectivity index (χ4v) is 3.48. The molecule has 0 heteroatoms. The highest BCUT2D eigenvalue weighted by molar-refractivity contribution is 5.99. The predicted molar refractivity (Wildman–Crippen MR) is 95.7 cm³/mol. The van der Waals surface area contributed by atoms with Crippen LogP contribution in [0.25, 0.3) is 28.0 Å². The van der Waals surface area contributed by atoms with Gasteiger partial charge in [-0.2, -0.15) is 0 Å². The van der Waals surface area contributed by atoms with Crippen LogP contribution in [0.15, 0.2) is 66.7 Å². The van der Waals surface area contributed by atoms with E-state index in [1.165, 1.54) is 45.4 Å². The van der Waals surface area contributed by atoms with Gasteiger partial charge in [-0.3, -0.25) is 0 Å². The summed E-state index contributed by atoms with van der Waals surface area (Å²) >= 11 is 0. The first-order valence-electron chi connectivity index (χ1n) is 8.04. The topological polar surface area (TPSA) is 0 Å². The molecule has 0 saturated carbocycles. The van der Waals surface area contributed by atoms with Crippen molar-refractivity contribution in [2.45, 2.75) is 19.8 Å². The molecule has 0 spiro atoms. The monoisotopic (exact) mass is 283 g/mol. The van der Waals surface area contributed by atoms with Gasteiger partial charge in [0.25, 0.3) is 0 Å². The number of hydrogen-bond acceptors (Lipinski definition) is 0. The second-order valence-corrected chi connectivity index (χ2v) is 5.90. The first kappa shape index (κ1) is 13.3. The molecule has 0 bridgehead atoms. The molecular formula is C22H19. The van der Waals surface area contributed by atoms with Gasteiger partial charge in [-0.05, 0) is 39.4 Å². The Bertz CT molecular complexity index is 850.